The van der Waals surface area contributed by atoms with Crippen LogP contribution in [0.4, 0.5) is 0 Å². The van der Waals surface area contributed by atoms with E-state index < -0.39 is 11.4 Å². The monoisotopic (exact) mass is 367 g/mol. The third-order valence-electron chi connectivity index (χ3n) is 5.82. The van der Waals surface area contributed by atoms with Crippen molar-refractivity contribution in [2.75, 3.05) is 19.9 Å². The Labute approximate surface area is 159 Å². The van der Waals surface area contributed by atoms with E-state index in [-0.39, 0.29) is 18.6 Å². The van der Waals surface area contributed by atoms with Gasteiger partial charge in [0.15, 0.2) is 12.6 Å². The van der Waals surface area contributed by atoms with Crippen molar-refractivity contribution < 1.29 is 19.4 Å². The summed E-state index contributed by atoms with van der Waals surface area (Å²) in [5.74, 6) is -1.19. The zero-order chi connectivity index (χ0) is 18.9. The first-order chi connectivity index (χ1) is 13.0. The molecule has 2 saturated heterocycles. The Hall–Kier alpha value is -2.05. The minimum absolute atomic E-state index is 0.0328. The SMILES string of the molecule is CC12CN(CCC(=O)c3ccccc3)C(c3ccccc3)CC1(O)OCO2. The van der Waals surface area contributed by atoms with E-state index in [2.05, 4.69) is 17.0 Å². The molecule has 2 fully saturated rings. The van der Waals surface area contributed by atoms with E-state index in [4.69, 9.17) is 9.47 Å². The number of nitrogens with zero attached hydrogens (tertiary/aromatic N) is 1. The molecule has 2 aromatic carbocycles. The van der Waals surface area contributed by atoms with Gasteiger partial charge in [0.25, 0.3) is 0 Å². The number of hydrogen-bond acceptors (Lipinski definition) is 5. The molecule has 2 aliphatic rings. The van der Waals surface area contributed by atoms with E-state index in [9.17, 15) is 9.90 Å². The number of ketones is 1. The second-order valence-electron chi connectivity index (χ2n) is 7.56. The van der Waals surface area contributed by atoms with E-state index in [0.717, 1.165) is 11.1 Å². The van der Waals surface area contributed by atoms with E-state index in [1.165, 1.54) is 0 Å². The quantitative estimate of drug-likeness (QED) is 0.823. The van der Waals surface area contributed by atoms with Crippen LogP contribution >= 0.6 is 0 Å². The Morgan fingerprint density at radius 3 is 2.48 bits per heavy atom. The van der Waals surface area contributed by atoms with Crippen molar-refractivity contribution >= 4 is 5.78 Å². The summed E-state index contributed by atoms with van der Waals surface area (Å²) in [6, 6.07) is 19.4. The summed E-state index contributed by atoms with van der Waals surface area (Å²) in [5.41, 5.74) is 1.04. The topological polar surface area (TPSA) is 59.0 Å². The normalized spacial score (nSPS) is 30.8. The second kappa shape index (κ2) is 7.17. The van der Waals surface area contributed by atoms with Crippen LogP contribution in [0.2, 0.25) is 0 Å². The number of carbonyl (C=O) groups excluding carboxylic acids is 1. The van der Waals surface area contributed by atoms with Crippen LogP contribution in [-0.4, -0.2) is 47.1 Å². The number of fused-ring (bicyclic) bond motifs is 1. The van der Waals surface area contributed by atoms with Crippen molar-refractivity contribution in [2.45, 2.75) is 37.2 Å². The van der Waals surface area contributed by atoms with E-state index in [0.29, 0.717) is 25.9 Å². The third kappa shape index (κ3) is 3.44. The summed E-state index contributed by atoms with van der Waals surface area (Å²) < 4.78 is 11.3. The van der Waals surface area contributed by atoms with Crippen LogP contribution in [0.5, 0.6) is 0 Å². The molecular weight excluding hydrogens is 342 g/mol. The third-order valence-corrected chi connectivity index (χ3v) is 5.82. The zero-order valence-electron chi connectivity index (χ0n) is 15.5. The van der Waals surface area contributed by atoms with Crippen LogP contribution in [-0.2, 0) is 9.47 Å². The lowest BCUT2D eigenvalue weighted by Gasteiger charge is -2.49. The van der Waals surface area contributed by atoms with Crippen LogP contribution in [0.3, 0.4) is 0 Å². The van der Waals surface area contributed by atoms with Gasteiger partial charge in [0, 0.05) is 37.5 Å². The van der Waals surface area contributed by atoms with Crippen LogP contribution < -0.4 is 0 Å². The maximum atomic E-state index is 12.6. The molecular formula is C22H25NO4. The van der Waals surface area contributed by atoms with Crippen molar-refractivity contribution in [1.29, 1.82) is 0 Å². The fraction of sp³-hybridized carbons (Fsp3) is 0.409. The fourth-order valence-electron chi connectivity index (χ4n) is 4.11. The highest BCUT2D eigenvalue weighted by Gasteiger charge is 2.59. The average Bonchev–Trinajstić information content (AvgIpc) is 3.00. The highest BCUT2D eigenvalue weighted by atomic mass is 16.8. The highest BCUT2D eigenvalue weighted by molar-refractivity contribution is 5.96. The lowest BCUT2D eigenvalue weighted by atomic mass is 9.81. The number of carbonyl (C=O) groups is 1. The second-order valence-corrected chi connectivity index (χ2v) is 7.56. The van der Waals surface area contributed by atoms with Crippen LogP contribution in [0.15, 0.2) is 60.7 Å². The molecule has 0 aliphatic carbocycles. The molecule has 0 bridgehead atoms. The van der Waals surface area contributed by atoms with Gasteiger partial charge in [0.2, 0.25) is 5.79 Å². The van der Waals surface area contributed by atoms with Crippen molar-refractivity contribution in [3.05, 3.63) is 71.8 Å². The molecule has 142 valence electrons. The van der Waals surface area contributed by atoms with Gasteiger partial charge in [0.1, 0.15) is 5.60 Å². The van der Waals surface area contributed by atoms with Gasteiger partial charge in [-0.25, -0.2) is 0 Å². The van der Waals surface area contributed by atoms with Gasteiger partial charge < -0.3 is 14.6 Å². The highest BCUT2D eigenvalue weighted by Crippen LogP contribution is 2.47. The summed E-state index contributed by atoms with van der Waals surface area (Å²) in [7, 11) is 0. The van der Waals surface area contributed by atoms with E-state index >= 15 is 0 Å². The van der Waals surface area contributed by atoms with Crippen molar-refractivity contribution in [3.63, 3.8) is 0 Å². The smallest absolute Gasteiger partial charge is 0.200 e. The summed E-state index contributed by atoms with van der Waals surface area (Å²) in [6.45, 7) is 3.08. The fourth-order valence-corrected chi connectivity index (χ4v) is 4.11. The Morgan fingerprint density at radius 2 is 1.78 bits per heavy atom. The summed E-state index contributed by atoms with van der Waals surface area (Å²) in [6.07, 6.45) is 0.829. The zero-order valence-corrected chi connectivity index (χ0v) is 15.5. The minimum atomic E-state index is -1.31. The number of rotatable bonds is 5. The first-order valence-electron chi connectivity index (χ1n) is 9.38. The molecule has 5 heteroatoms. The Bertz CT molecular complexity index is 796. The number of piperidine rings is 1. The lowest BCUT2D eigenvalue weighted by Crippen LogP contribution is -2.62. The Balaban J connectivity index is 1.55. The number of aliphatic hydroxyl groups is 1. The first kappa shape index (κ1) is 18.3. The molecule has 4 rings (SSSR count). The first-order valence-corrected chi connectivity index (χ1v) is 9.38. The number of hydrogen-bond donors (Lipinski definition) is 1. The van der Waals surface area contributed by atoms with Crippen molar-refractivity contribution in [2.24, 2.45) is 0 Å². The summed E-state index contributed by atoms with van der Waals surface area (Å²) >= 11 is 0. The molecule has 27 heavy (non-hydrogen) atoms. The van der Waals surface area contributed by atoms with Gasteiger partial charge in [-0.05, 0) is 12.5 Å². The lowest BCUT2D eigenvalue weighted by molar-refractivity contribution is -0.244. The largest absolute Gasteiger partial charge is 0.363 e. The number of Topliss-reactive ketones (excluding diaryl/α,β-unsaturated/α-hetero) is 1. The molecule has 0 spiro atoms. The summed E-state index contributed by atoms with van der Waals surface area (Å²) in [5, 5.41) is 11.0. The minimum Gasteiger partial charge on any atom is -0.363 e. The molecule has 0 saturated carbocycles. The molecule has 2 heterocycles. The predicted octanol–water partition coefficient (Wildman–Crippen LogP) is 3.16. The van der Waals surface area contributed by atoms with Crippen LogP contribution in [0.1, 0.15) is 41.7 Å². The van der Waals surface area contributed by atoms with Crippen molar-refractivity contribution in [3.8, 4) is 0 Å². The van der Waals surface area contributed by atoms with Gasteiger partial charge in [-0.1, -0.05) is 60.7 Å². The molecule has 1 N–H and O–H groups in total. The molecule has 2 aromatic rings. The average molecular weight is 367 g/mol. The maximum Gasteiger partial charge on any atom is 0.200 e. The van der Waals surface area contributed by atoms with Gasteiger partial charge >= 0.3 is 0 Å². The van der Waals surface area contributed by atoms with E-state index in [1.807, 2.05) is 55.5 Å². The van der Waals surface area contributed by atoms with Gasteiger partial charge in [-0.2, -0.15) is 0 Å². The molecule has 0 radical (unpaired) electrons. The van der Waals surface area contributed by atoms with Gasteiger partial charge in [-0.15, -0.1) is 0 Å². The maximum absolute atomic E-state index is 12.6. The standard InChI is InChI=1S/C22H25NO4/c1-21-15-23(13-12-20(24)18-10-6-3-7-11-18)19(17-8-4-2-5-9-17)14-22(21,25)27-16-26-21/h2-11,19,25H,12-16H2,1H3. The summed E-state index contributed by atoms with van der Waals surface area (Å²) in [4.78, 5) is 14.8. The van der Waals surface area contributed by atoms with E-state index in [1.54, 1.807) is 0 Å². The molecule has 0 amide bonds. The number of likely N-dealkylation sites (tertiary alicyclic amines) is 1. The molecule has 2 aliphatic heterocycles. The molecule has 3 unspecified atom stereocenters. The Morgan fingerprint density at radius 1 is 1.11 bits per heavy atom. The number of benzene rings is 2. The molecule has 3 atom stereocenters. The van der Waals surface area contributed by atoms with Gasteiger partial charge in [-0.3, -0.25) is 9.69 Å². The predicted molar refractivity (Wildman–Crippen MR) is 101 cm³/mol. The number of ether oxygens (including phenoxy) is 2. The van der Waals surface area contributed by atoms with Crippen molar-refractivity contribution in [1.82, 2.24) is 4.90 Å². The molecule has 5 nitrogen and oxygen atoms in total. The molecule has 0 aromatic heterocycles. The Kier molecular flexibility index (Phi) is 4.86. The van der Waals surface area contributed by atoms with Crippen LogP contribution in [0, 0.1) is 0 Å². The van der Waals surface area contributed by atoms with Crippen LogP contribution in [0.25, 0.3) is 0 Å². The van der Waals surface area contributed by atoms with Gasteiger partial charge in [0.05, 0.1) is 0 Å².